The second-order valence-electron chi connectivity index (χ2n) is 10.6. The zero-order chi connectivity index (χ0) is 24.6. The monoisotopic (exact) mass is 486 g/mol. The number of H-pyrrole nitrogens is 1. The lowest BCUT2D eigenvalue weighted by Gasteiger charge is -2.34. The van der Waals surface area contributed by atoms with Crippen LogP contribution in [0.1, 0.15) is 43.2 Å². The number of carbonyl (C=O) groups excluding carboxylic acids is 3. The lowest BCUT2D eigenvalue weighted by Crippen LogP contribution is -2.54. The van der Waals surface area contributed by atoms with Crippen LogP contribution >= 0.6 is 0 Å². The van der Waals surface area contributed by atoms with Crippen LogP contribution in [0.15, 0.2) is 48.7 Å². The molecule has 3 aliphatic heterocycles. The van der Waals surface area contributed by atoms with Gasteiger partial charge in [0, 0.05) is 40.4 Å². The van der Waals surface area contributed by atoms with Gasteiger partial charge in [-0.05, 0) is 49.1 Å². The minimum atomic E-state index is -1.48. The van der Waals surface area contributed by atoms with Gasteiger partial charge in [0.05, 0.1) is 11.8 Å². The lowest BCUT2D eigenvalue weighted by atomic mass is 9.76. The van der Waals surface area contributed by atoms with Crippen molar-refractivity contribution in [2.24, 2.45) is 11.8 Å². The molecule has 7 nitrogen and oxygen atoms in total. The molecule has 184 valence electrons. The Morgan fingerprint density at radius 1 is 1.00 bits per heavy atom. The molecule has 3 aromatic rings. The van der Waals surface area contributed by atoms with E-state index < -0.39 is 35.1 Å². The van der Waals surface area contributed by atoms with E-state index in [1.807, 2.05) is 30.5 Å². The van der Waals surface area contributed by atoms with Crippen molar-refractivity contribution in [1.29, 1.82) is 0 Å². The highest BCUT2D eigenvalue weighted by Gasteiger charge is 2.71. The van der Waals surface area contributed by atoms with Gasteiger partial charge in [-0.2, -0.15) is 0 Å². The average molecular weight is 487 g/mol. The van der Waals surface area contributed by atoms with Crippen LogP contribution in [0.5, 0.6) is 0 Å². The summed E-state index contributed by atoms with van der Waals surface area (Å²) in [5, 5.41) is 7.32. The van der Waals surface area contributed by atoms with E-state index in [1.165, 1.54) is 23.1 Å². The van der Waals surface area contributed by atoms with Crippen molar-refractivity contribution in [2.45, 2.75) is 56.1 Å². The van der Waals surface area contributed by atoms with E-state index in [2.05, 4.69) is 15.6 Å². The molecular weight excluding hydrogens is 459 g/mol. The van der Waals surface area contributed by atoms with Gasteiger partial charge in [-0.3, -0.25) is 24.6 Å². The van der Waals surface area contributed by atoms with E-state index in [9.17, 15) is 18.8 Å². The summed E-state index contributed by atoms with van der Waals surface area (Å²) in [6.45, 7) is 0. The standard InChI is InChI=1S/C28H27FN4O3/c29-16-10-11-21-19(13-16)28(27(36)31-21)24-23(25(34)33(26(24)35)17-6-2-1-3-7-17)22(32-28)12-15-14-30-20-9-5-4-8-18(15)20/h4-5,8-11,13-14,17,22-24,30,32H,1-3,6-7,12H2,(H,31,36)/t22-,23-,24+,28+/m1/s1. The Bertz CT molecular complexity index is 1430. The van der Waals surface area contributed by atoms with Crippen LogP contribution in [-0.2, 0) is 26.3 Å². The number of hydrogen-bond acceptors (Lipinski definition) is 4. The fourth-order valence-electron chi connectivity index (χ4n) is 7.21. The van der Waals surface area contributed by atoms with Gasteiger partial charge in [0.2, 0.25) is 17.7 Å². The van der Waals surface area contributed by atoms with Crippen LogP contribution in [-0.4, -0.2) is 39.7 Å². The predicted octanol–water partition coefficient (Wildman–Crippen LogP) is 3.60. The Kier molecular flexibility index (Phi) is 4.67. The SMILES string of the molecule is O=C1[C@H]2[C@@H](C(=O)N1C1CCCCC1)[C@]1(N[C@@H]2Cc2c[nH]c3ccccc23)C(=O)Nc2ccc(F)cc21. The Morgan fingerprint density at radius 3 is 2.64 bits per heavy atom. The Balaban J connectivity index is 1.36. The molecule has 2 aromatic carbocycles. The molecule has 4 heterocycles. The van der Waals surface area contributed by atoms with Crippen molar-refractivity contribution < 1.29 is 18.8 Å². The van der Waals surface area contributed by atoms with E-state index in [0.29, 0.717) is 17.7 Å². The third-order valence-electron chi connectivity index (χ3n) is 8.77. The van der Waals surface area contributed by atoms with Crippen LogP contribution in [0.2, 0.25) is 0 Å². The lowest BCUT2D eigenvalue weighted by molar-refractivity contribution is -0.146. The van der Waals surface area contributed by atoms with Crippen LogP contribution in [0, 0.1) is 17.7 Å². The zero-order valence-electron chi connectivity index (χ0n) is 19.7. The number of fused-ring (bicyclic) bond motifs is 5. The summed E-state index contributed by atoms with van der Waals surface area (Å²) in [6.07, 6.45) is 7.03. The van der Waals surface area contributed by atoms with E-state index in [1.54, 1.807) is 0 Å². The van der Waals surface area contributed by atoms with E-state index >= 15 is 0 Å². The molecule has 0 bridgehead atoms. The average Bonchev–Trinajstić information content (AvgIpc) is 3.59. The quantitative estimate of drug-likeness (QED) is 0.493. The number of carbonyl (C=O) groups is 3. The molecule has 36 heavy (non-hydrogen) atoms. The molecule has 1 aromatic heterocycles. The zero-order valence-corrected chi connectivity index (χ0v) is 19.7. The second kappa shape index (κ2) is 7.74. The molecule has 4 atom stereocenters. The van der Waals surface area contributed by atoms with Crippen molar-refractivity contribution in [1.82, 2.24) is 15.2 Å². The van der Waals surface area contributed by atoms with Gasteiger partial charge >= 0.3 is 0 Å². The Morgan fingerprint density at radius 2 is 1.81 bits per heavy atom. The predicted molar refractivity (Wildman–Crippen MR) is 131 cm³/mol. The molecule has 0 radical (unpaired) electrons. The number of amides is 3. The number of nitrogens with zero attached hydrogens (tertiary/aromatic N) is 1. The molecule has 1 aliphatic carbocycles. The molecule has 7 rings (SSSR count). The minimum absolute atomic E-state index is 0.133. The maximum Gasteiger partial charge on any atom is 0.250 e. The van der Waals surface area contributed by atoms with Gasteiger partial charge in [0.1, 0.15) is 11.4 Å². The molecule has 1 saturated carbocycles. The van der Waals surface area contributed by atoms with Crippen molar-refractivity contribution in [3.63, 3.8) is 0 Å². The van der Waals surface area contributed by atoms with Gasteiger partial charge in [-0.1, -0.05) is 37.5 Å². The number of anilines is 1. The first-order chi connectivity index (χ1) is 17.5. The topological polar surface area (TPSA) is 94.3 Å². The fourth-order valence-corrected chi connectivity index (χ4v) is 7.21. The molecule has 3 N–H and O–H groups in total. The van der Waals surface area contributed by atoms with Crippen molar-refractivity contribution in [2.75, 3.05) is 5.32 Å². The smallest absolute Gasteiger partial charge is 0.250 e. The molecule has 2 saturated heterocycles. The highest BCUT2D eigenvalue weighted by molar-refractivity contribution is 6.15. The second-order valence-corrected chi connectivity index (χ2v) is 10.6. The van der Waals surface area contributed by atoms with Crippen molar-refractivity contribution >= 4 is 34.3 Å². The molecular formula is C28H27FN4O3. The van der Waals surface area contributed by atoms with Crippen LogP contribution < -0.4 is 10.6 Å². The summed E-state index contributed by atoms with van der Waals surface area (Å²) in [4.78, 5) is 46.4. The number of benzene rings is 2. The highest BCUT2D eigenvalue weighted by atomic mass is 19.1. The van der Waals surface area contributed by atoms with Gasteiger partial charge in [-0.25, -0.2) is 4.39 Å². The molecule has 8 heteroatoms. The van der Waals surface area contributed by atoms with Crippen LogP contribution in [0.25, 0.3) is 10.9 Å². The fraction of sp³-hybridized carbons (Fsp3) is 0.393. The minimum Gasteiger partial charge on any atom is -0.361 e. The normalized spacial score (nSPS) is 29.9. The maximum absolute atomic E-state index is 14.5. The maximum atomic E-state index is 14.5. The van der Waals surface area contributed by atoms with E-state index in [-0.39, 0.29) is 17.9 Å². The van der Waals surface area contributed by atoms with Gasteiger partial charge in [-0.15, -0.1) is 0 Å². The van der Waals surface area contributed by atoms with Gasteiger partial charge in [0.15, 0.2) is 0 Å². The van der Waals surface area contributed by atoms with Gasteiger partial charge < -0.3 is 10.3 Å². The van der Waals surface area contributed by atoms with Crippen molar-refractivity contribution in [3.05, 3.63) is 65.6 Å². The first-order valence-corrected chi connectivity index (χ1v) is 12.8. The first-order valence-electron chi connectivity index (χ1n) is 12.8. The summed E-state index contributed by atoms with van der Waals surface area (Å²) in [5.41, 5.74) is 1.41. The summed E-state index contributed by atoms with van der Waals surface area (Å²) < 4.78 is 14.5. The molecule has 0 unspecified atom stereocenters. The van der Waals surface area contributed by atoms with Gasteiger partial charge in [0.25, 0.3) is 0 Å². The van der Waals surface area contributed by atoms with Crippen molar-refractivity contribution in [3.8, 4) is 0 Å². The summed E-state index contributed by atoms with van der Waals surface area (Å²) in [6, 6.07) is 11.5. The van der Waals surface area contributed by atoms with E-state index in [4.69, 9.17) is 0 Å². The molecule has 1 spiro atoms. The largest absolute Gasteiger partial charge is 0.361 e. The molecule has 3 fully saturated rings. The van der Waals surface area contributed by atoms with E-state index in [0.717, 1.165) is 48.6 Å². The summed E-state index contributed by atoms with van der Waals surface area (Å²) >= 11 is 0. The number of nitrogens with one attached hydrogen (secondary N) is 3. The third-order valence-corrected chi connectivity index (χ3v) is 8.77. The number of para-hydroxylation sites is 1. The number of rotatable bonds is 3. The molecule has 4 aliphatic rings. The number of hydrogen-bond donors (Lipinski definition) is 3. The number of aromatic amines is 1. The molecule has 3 amide bonds. The number of aromatic nitrogens is 1. The first kappa shape index (κ1) is 21.7. The number of halogens is 1. The Hall–Kier alpha value is -3.52. The third kappa shape index (κ3) is 2.85. The summed E-state index contributed by atoms with van der Waals surface area (Å²) in [7, 11) is 0. The van der Waals surface area contributed by atoms with Crippen LogP contribution in [0.4, 0.5) is 10.1 Å². The number of imide groups is 1. The summed E-state index contributed by atoms with van der Waals surface area (Å²) in [5.74, 6) is -3.00. The number of likely N-dealkylation sites (tertiary alicyclic amines) is 1. The Labute approximate surface area is 207 Å². The van der Waals surface area contributed by atoms with Crippen LogP contribution in [0.3, 0.4) is 0 Å². The highest BCUT2D eigenvalue weighted by Crippen LogP contribution is 2.54.